The summed E-state index contributed by atoms with van der Waals surface area (Å²) in [6.45, 7) is 0. The Labute approximate surface area is 86.2 Å². The molecule has 0 spiro atoms. The molecule has 0 unspecified atom stereocenters. The second kappa shape index (κ2) is 4.34. The first-order valence-electron chi connectivity index (χ1n) is 4.53. The molecule has 2 aromatic carbocycles. The van der Waals surface area contributed by atoms with Crippen LogP contribution in [0.2, 0.25) is 0 Å². The normalized spacial score (nSPS) is 9.23. The van der Waals surface area contributed by atoms with Crippen molar-refractivity contribution in [3.05, 3.63) is 60.7 Å². The fraction of sp³-hybridized carbons (Fsp3) is 0. The molecular formula is C12H10Zn. The molecule has 0 N–H and O–H groups in total. The summed E-state index contributed by atoms with van der Waals surface area (Å²) in [5.41, 5.74) is 0. The number of benzene rings is 2. The van der Waals surface area contributed by atoms with E-state index in [0.29, 0.717) is 0 Å². The molecule has 2 rings (SSSR count). The molecule has 0 bridgehead atoms. The van der Waals surface area contributed by atoms with Crippen LogP contribution >= 0.6 is 0 Å². The van der Waals surface area contributed by atoms with E-state index in [1.54, 1.807) is 8.32 Å². The van der Waals surface area contributed by atoms with Gasteiger partial charge in [0, 0.05) is 0 Å². The quantitative estimate of drug-likeness (QED) is 0.675. The molecule has 0 nitrogen and oxygen atoms in total. The van der Waals surface area contributed by atoms with Gasteiger partial charge in [0.05, 0.1) is 0 Å². The van der Waals surface area contributed by atoms with Gasteiger partial charge in [0.2, 0.25) is 0 Å². The maximum absolute atomic E-state index is 2.24. The maximum atomic E-state index is 2.24. The Morgan fingerprint density at radius 2 is 0.923 bits per heavy atom. The van der Waals surface area contributed by atoms with Gasteiger partial charge in [-0.3, -0.25) is 0 Å². The van der Waals surface area contributed by atoms with Crippen molar-refractivity contribution in [2.45, 2.75) is 0 Å². The zero-order valence-corrected chi connectivity index (χ0v) is 10.4. The Bertz CT molecular complexity index is 316. The Kier molecular flexibility index (Phi) is 2.89. The average Bonchev–Trinajstić information content (AvgIpc) is 2.21. The third-order valence-corrected chi connectivity index (χ3v) is 5.79. The van der Waals surface area contributed by atoms with Crippen LogP contribution in [0.4, 0.5) is 0 Å². The van der Waals surface area contributed by atoms with Gasteiger partial charge in [-0.1, -0.05) is 0 Å². The third-order valence-electron chi connectivity index (χ3n) is 2.09. The van der Waals surface area contributed by atoms with Crippen molar-refractivity contribution in [1.29, 1.82) is 0 Å². The zero-order chi connectivity index (χ0) is 8.93. The van der Waals surface area contributed by atoms with Gasteiger partial charge in [-0.05, 0) is 0 Å². The monoisotopic (exact) mass is 218 g/mol. The van der Waals surface area contributed by atoms with E-state index >= 15 is 0 Å². The molecule has 0 aliphatic rings. The first-order valence-corrected chi connectivity index (χ1v) is 7.50. The van der Waals surface area contributed by atoms with E-state index in [4.69, 9.17) is 0 Å². The summed E-state index contributed by atoms with van der Waals surface area (Å²) in [5, 5.41) is 0. The SMILES string of the molecule is c1cc[c]([Zn][c]2ccccc2)cc1. The van der Waals surface area contributed by atoms with Crippen molar-refractivity contribution < 1.29 is 17.1 Å². The number of hydrogen-bond donors (Lipinski definition) is 0. The van der Waals surface area contributed by atoms with Crippen LogP contribution < -0.4 is 8.32 Å². The van der Waals surface area contributed by atoms with Crippen LogP contribution in [0, 0.1) is 0 Å². The van der Waals surface area contributed by atoms with Gasteiger partial charge in [0.25, 0.3) is 0 Å². The Morgan fingerprint density at radius 3 is 1.31 bits per heavy atom. The van der Waals surface area contributed by atoms with Crippen molar-refractivity contribution in [1.82, 2.24) is 0 Å². The molecule has 0 heterocycles. The minimum atomic E-state index is -0.676. The third kappa shape index (κ3) is 2.50. The van der Waals surface area contributed by atoms with Crippen LogP contribution in [0.1, 0.15) is 0 Å². The number of hydrogen-bond acceptors (Lipinski definition) is 0. The molecule has 2 aromatic rings. The molecule has 0 atom stereocenters. The molecule has 1 heteroatoms. The summed E-state index contributed by atoms with van der Waals surface area (Å²) in [4.78, 5) is 0. The zero-order valence-electron chi connectivity index (χ0n) is 7.48. The van der Waals surface area contributed by atoms with Gasteiger partial charge in [-0.25, -0.2) is 0 Å². The molecular weight excluding hydrogens is 210 g/mol. The topological polar surface area (TPSA) is 0 Å². The van der Waals surface area contributed by atoms with Crippen LogP contribution in [0.25, 0.3) is 0 Å². The second-order valence-corrected chi connectivity index (χ2v) is 7.32. The van der Waals surface area contributed by atoms with Crippen LogP contribution in [-0.4, -0.2) is 0 Å². The van der Waals surface area contributed by atoms with E-state index in [0.717, 1.165) is 0 Å². The predicted octanol–water partition coefficient (Wildman–Crippen LogP) is 1.72. The molecule has 60 valence electrons. The molecule has 0 aliphatic carbocycles. The van der Waals surface area contributed by atoms with Gasteiger partial charge in [0.15, 0.2) is 0 Å². The van der Waals surface area contributed by atoms with E-state index in [-0.39, 0.29) is 0 Å². The van der Waals surface area contributed by atoms with Gasteiger partial charge in [0.1, 0.15) is 0 Å². The standard InChI is InChI=1S/2C6H5.Zn/c2*1-2-4-6-5-3-1;/h2*1-5H;. The summed E-state index contributed by atoms with van der Waals surface area (Å²) in [6, 6.07) is 21.6. The van der Waals surface area contributed by atoms with Crippen molar-refractivity contribution in [3.63, 3.8) is 0 Å². The molecule has 0 aliphatic heterocycles. The number of rotatable bonds is 2. The summed E-state index contributed by atoms with van der Waals surface area (Å²) in [7, 11) is 0. The van der Waals surface area contributed by atoms with Crippen LogP contribution in [0.15, 0.2) is 60.7 Å². The van der Waals surface area contributed by atoms with Crippen molar-refractivity contribution in [2.24, 2.45) is 0 Å². The van der Waals surface area contributed by atoms with Crippen molar-refractivity contribution >= 4 is 8.32 Å². The molecule has 13 heavy (non-hydrogen) atoms. The molecule has 0 saturated carbocycles. The molecule has 0 fully saturated rings. The summed E-state index contributed by atoms with van der Waals surface area (Å²) >= 11 is -0.676. The molecule has 0 amide bonds. The van der Waals surface area contributed by atoms with E-state index < -0.39 is 17.1 Å². The van der Waals surface area contributed by atoms with Crippen LogP contribution in [0.5, 0.6) is 0 Å². The fourth-order valence-corrected chi connectivity index (χ4v) is 4.55. The van der Waals surface area contributed by atoms with Gasteiger partial charge in [-0.2, -0.15) is 0 Å². The van der Waals surface area contributed by atoms with Gasteiger partial charge < -0.3 is 0 Å². The summed E-state index contributed by atoms with van der Waals surface area (Å²) < 4.78 is 3.11. The molecule has 0 saturated heterocycles. The Balaban J connectivity index is 2.16. The predicted molar refractivity (Wildman–Crippen MR) is 52.2 cm³/mol. The van der Waals surface area contributed by atoms with Crippen molar-refractivity contribution in [3.8, 4) is 0 Å². The molecule has 0 radical (unpaired) electrons. The van der Waals surface area contributed by atoms with E-state index in [1.807, 2.05) is 0 Å². The first kappa shape index (κ1) is 8.65. The first-order chi connectivity index (χ1) is 6.45. The Hall–Kier alpha value is -0.937. The summed E-state index contributed by atoms with van der Waals surface area (Å²) in [6.07, 6.45) is 0. The van der Waals surface area contributed by atoms with Crippen LogP contribution in [-0.2, 0) is 17.1 Å². The fourth-order valence-electron chi connectivity index (χ4n) is 1.43. The molecule has 0 aromatic heterocycles. The minimum absolute atomic E-state index is 0.676. The van der Waals surface area contributed by atoms with E-state index in [2.05, 4.69) is 60.7 Å². The van der Waals surface area contributed by atoms with Crippen LogP contribution in [0.3, 0.4) is 0 Å². The van der Waals surface area contributed by atoms with E-state index in [9.17, 15) is 0 Å². The average molecular weight is 220 g/mol. The van der Waals surface area contributed by atoms with E-state index in [1.165, 1.54) is 0 Å². The van der Waals surface area contributed by atoms with Gasteiger partial charge in [-0.15, -0.1) is 0 Å². The second-order valence-electron chi connectivity index (χ2n) is 3.15. The van der Waals surface area contributed by atoms with Crippen molar-refractivity contribution in [2.75, 3.05) is 0 Å². The summed E-state index contributed by atoms with van der Waals surface area (Å²) in [5.74, 6) is 0. The Morgan fingerprint density at radius 1 is 0.538 bits per heavy atom. The van der Waals surface area contributed by atoms with Gasteiger partial charge >= 0.3 is 86.1 Å².